The molecule has 1 aromatic heterocycles. The Kier molecular flexibility index (Phi) is 9.87. The smallest absolute Gasteiger partial charge is 0.258 e. The highest BCUT2D eigenvalue weighted by Crippen LogP contribution is 2.53. The van der Waals surface area contributed by atoms with Gasteiger partial charge in [-0.2, -0.15) is 5.10 Å². The van der Waals surface area contributed by atoms with Gasteiger partial charge < -0.3 is 15.4 Å². The highest BCUT2D eigenvalue weighted by atomic mass is 35.5. The van der Waals surface area contributed by atoms with Crippen LogP contribution in [0.3, 0.4) is 0 Å². The van der Waals surface area contributed by atoms with Gasteiger partial charge in [0, 0.05) is 38.8 Å². The number of carbonyl (C=O) groups is 1. The summed E-state index contributed by atoms with van der Waals surface area (Å²) in [5, 5.41) is 11.6. The van der Waals surface area contributed by atoms with E-state index in [1.807, 2.05) is 4.68 Å². The Labute approximate surface area is 228 Å². The highest BCUT2D eigenvalue weighted by molar-refractivity contribution is 5.96. The lowest BCUT2D eigenvalue weighted by Crippen LogP contribution is -2.55. The van der Waals surface area contributed by atoms with E-state index in [1.54, 1.807) is 6.20 Å². The van der Waals surface area contributed by atoms with E-state index in [0.717, 1.165) is 51.1 Å². The Bertz CT molecular complexity index is 825. The van der Waals surface area contributed by atoms with Crippen LogP contribution in [0.1, 0.15) is 74.6 Å². The summed E-state index contributed by atoms with van der Waals surface area (Å²) in [6, 6.07) is 0.343. The number of hydrogen-bond donors (Lipinski definition) is 2. The quantitative estimate of drug-likeness (QED) is 0.517. The van der Waals surface area contributed by atoms with Crippen LogP contribution in [0.25, 0.3) is 0 Å². The molecule has 1 saturated heterocycles. The van der Waals surface area contributed by atoms with Crippen LogP contribution >= 0.6 is 24.8 Å². The van der Waals surface area contributed by atoms with Crippen molar-refractivity contribution in [2.45, 2.75) is 76.8 Å². The van der Waals surface area contributed by atoms with Crippen molar-refractivity contribution < 1.29 is 9.53 Å². The van der Waals surface area contributed by atoms with Crippen LogP contribution in [0.15, 0.2) is 6.20 Å². The number of ether oxygens (including phenoxy) is 1. The molecule has 6 aliphatic rings. The molecule has 0 spiro atoms. The Morgan fingerprint density at radius 1 is 0.972 bits per heavy atom. The molecule has 9 heteroatoms. The van der Waals surface area contributed by atoms with Gasteiger partial charge in [-0.3, -0.25) is 9.69 Å². The van der Waals surface area contributed by atoms with Crippen molar-refractivity contribution in [2.75, 3.05) is 39.3 Å². The molecule has 36 heavy (non-hydrogen) atoms. The number of aromatic nitrogens is 2. The van der Waals surface area contributed by atoms with Crippen LogP contribution < -0.4 is 15.4 Å². The van der Waals surface area contributed by atoms with E-state index in [2.05, 4.69) is 20.6 Å². The third-order valence-electron chi connectivity index (χ3n) is 9.58. The maximum absolute atomic E-state index is 13.6. The van der Waals surface area contributed by atoms with Gasteiger partial charge in [-0.25, -0.2) is 4.68 Å². The molecule has 2 heterocycles. The Morgan fingerprint density at radius 3 is 2.31 bits per heavy atom. The fourth-order valence-electron chi connectivity index (χ4n) is 7.95. The van der Waals surface area contributed by atoms with E-state index in [9.17, 15) is 4.79 Å². The average molecular weight is 543 g/mol. The van der Waals surface area contributed by atoms with Crippen molar-refractivity contribution in [2.24, 2.45) is 29.6 Å². The predicted octanol–water partition coefficient (Wildman–Crippen LogP) is 4.15. The van der Waals surface area contributed by atoms with Crippen molar-refractivity contribution in [1.82, 2.24) is 25.3 Å². The number of halogens is 2. The Hall–Kier alpha value is -1.02. The molecule has 6 fully saturated rings. The summed E-state index contributed by atoms with van der Waals surface area (Å²) in [4.78, 5) is 16.0. The number of rotatable bonds is 8. The number of carbonyl (C=O) groups excluding carboxylic acids is 1. The lowest BCUT2D eigenvalue weighted by atomic mass is 9.54. The van der Waals surface area contributed by atoms with Crippen molar-refractivity contribution in [3.05, 3.63) is 11.8 Å². The molecule has 1 aliphatic heterocycles. The number of hydrogen-bond acceptors (Lipinski definition) is 5. The van der Waals surface area contributed by atoms with Crippen LogP contribution in [0, 0.1) is 29.6 Å². The van der Waals surface area contributed by atoms with Gasteiger partial charge in [-0.05, 0) is 74.5 Å². The number of nitrogens with zero attached hydrogens (tertiary/aromatic N) is 3. The summed E-state index contributed by atoms with van der Waals surface area (Å²) in [7, 11) is 0. The molecular formula is C27H45Cl2N5O2. The normalized spacial score (nSPS) is 31.9. The molecule has 204 valence electrons. The zero-order valence-corrected chi connectivity index (χ0v) is 23.2. The molecule has 7 rings (SSSR count). The lowest BCUT2D eigenvalue weighted by molar-refractivity contribution is -0.0120. The molecule has 5 aliphatic carbocycles. The molecule has 4 bridgehead atoms. The summed E-state index contributed by atoms with van der Waals surface area (Å²) in [5.41, 5.74) is 0.643. The first kappa shape index (κ1) is 28.0. The van der Waals surface area contributed by atoms with Crippen molar-refractivity contribution in [3.8, 4) is 5.88 Å². The maximum atomic E-state index is 13.6. The molecule has 0 atom stereocenters. The van der Waals surface area contributed by atoms with Gasteiger partial charge in [0.25, 0.3) is 5.91 Å². The molecule has 2 N–H and O–H groups in total. The number of piperazine rings is 1. The fourth-order valence-corrected chi connectivity index (χ4v) is 7.95. The Morgan fingerprint density at radius 2 is 1.64 bits per heavy atom. The van der Waals surface area contributed by atoms with Crippen molar-refractivity contribution >= 4 is 30.7 Å². The highest BCUT2D eigenvalue weighted by Gasteiger charge is 2.48. The van der Waals surface area contributed by atoms with Gasteiger partial charge in [0.15, 0.2) is 0 Å². The van der Waals surface area contributed by atoms with E-state index < -0.39 is 0 Å². The van der Waals surface area contributed by atoms with Crippen LogP contribution in [0.4, 0.5) is 0 Å². The number of nitrogens with one attached hydrogen (secondary N) is 2. The standard InChI is InChI=1S/C27H43N5O2.2ClH/c33-26(30-25-22-13-20-12-21(15-22)16-23(25)14-20)24-17-29-32(11-10-31-8-6-28-7-9-31)27(24)34-18-19-4-2-1-3-5-19;;/h17,19-23,25,28H,1-16,18H2,(H,30,33);2*1H. The molecule has 0 aromatic carbocycles. The van der Waals surface area contributed by atoms with Gasteiger partial charge in [0.05, 0.1) is 19.3 Å². The SMILES string of the molecule is Cl.Cl.O=C(NC1C2CC3CC(C2)CC1C3)c1cnn(CCN2CCNCC2)c1OCC1CCCCC1. The first-order chi connectivity index (χ1) is 16.7. The second-order valence-corrected chi connectivity index (χ2v) is 11.9. The minimum atomic E-state index is 0. The molecule has 1 aromatic rings. The van der Waals surface area contributed by atoms with Gasteiger partial charge in [0.2, 0.25) is 5.88 Å². The van der Waals surface area contributed by atoms with Gasteiger partial charge in [-0.15, -0.1) is 24.8 Å². The molecule has 0 unspecified atom stereocenters. The van der Waals surface area contributed by atoms with Gasteiger partial charge in [0.1, 0.15) is 5.56 Å². The fraction of sp³-hybridized carbons (Fsp3) is 0.852. The summed E-state index contributed by atoms with van der Waals surface area (Å²) in [6.07, 6.45) is 14.9. The third kappa shape index (κ3) is 6.16. The minimum absolute atomic E-state index is 0. The molecule has 5 saturated carbocycles. The van der Waals surface area contributed by atoms with E-state index in [0.29, 0.717) is 41.8 Å². The van der Waals surface area contributed by atoms with Crippen LogP contribution in [0.5, 0.6) is 5.88 Å². The zero-order valence-electron chi connectivity index (χ0n) is 21.5. The Balaban J connectivity index is 0.00000152. The zero-order chi connectivity index (χ0) is 22.9. The first-order valence-electron chi connectivity index (χ1n) is 14.2. The van der Waals surface area contributed by atoms with Crippen LogP contribution in [-0.4, -0.2) is 66.0 Å². The topological polar surface area (TPSA) is 71.4 Å². The van der Waals surface area contributed by atoms with E-state index in [-0.39, 0.29) is 30.7 Å². The maximum Gasteiger partial charge on any atom is 0.258 e. The van der Waals surface area contributed by atoms with Crippen molar-refractivity contribution in [1.29, 1.82) is 0 Å². The van der Waals surface area contributed by atoms with Gasteiger partial charge in [-0.1, -0.05) is 19.3 Å². The van der Waals surface area contributed by atoms with Gasteiger partial charge >= 0.3 is 0 Å². The second kappa shape index (κ2) is 12.7. The van der Waals surface area contributed by atoms with E-state index in [4.69, 9.17) is 4.74 Å². The third-order valence-corrected chi connectivity index (χ3v) is 9.58. The largest absolute Gasteiger partial charge is 0.477 e. The predicted molar refractivity (Wildman–Crippen MR) is 146 cm³/mol. The molecule has 0 radical (unpaired) electrons. The van der Waals surface area contributed by atoms with Crippen LogP contribution in [-0.2, 0) is 6.54 Å². The summed E-state index contributed by atoms with van der Waals surface area (Å²) >= 11 is 0. The summed E-state index contributed by atoms with van der Waals surface area (Å²) < 4.78 is 8.38. The van der Waals surface area contributed by atoms with Crippen LogP contribution in [0.2, 0.25) is 0 Å². The van der Waals surface area contributed by atoms with E-state index >= 15 is 0 Å². The first-order valence-corrected chi connectivity index (χ1v) is 14.2. The van der Waals surface area contributed by atoms with E-state index in [1.165, 1.54) is 64.2 Å². The monoisotopic (exact) mass is 541 g/mol. The molecule has 7 nitrogen and oxygen atoms in total. The van der Waals surface area contributed by atoms with Crippen molar-refractivity contribution in [3.63, 3.8) is 0 Å². The molecular weight excluding hydrogens is 497 g/mol. The lowest BCUT2D eigenvalue weighted by Gasteiger charge is -2.54. The molecule has 1 amide bonds. The average Bonchev–Trinajstić information content (AvgIpc) is 3.27. The second-order valence-electron chi connectivity index (χ2n) is 11.9. The minimum Gasteiger partial charge on any atom is -0.477 e. The number of amides is 1. The summed E-state index contributed by atoms with van der Waals surface area (Å²) in [5.74, 6) is 4.51. The summed E-state index contributed by atoms with van der Waals surface area (Å²) in [6.45, 7) is 6.65.